The van der Waals surface area contributed by atoms with Crippen LogP contribution in [0.1, 0.15) is 46.5 Å². The molecule has 0 bridgehead atoms. The van der Waals surface area contributed by atoms with Gasteiger partial charge in [-0.25, -0.2) is 0 Å². The molecule has 180 valence electrons. The Bertz CT molecular complexity index is 665. The standard InChI is InChI=1S/C21H36O10/c1-19(2,31-18-17(27)16(26)15(25)13(8-22)30-18)10-4-5-21(29,9-23)12-7-14(24)20(3,28)11(12)6-10/h10-13,15-18,22-23,25-29H,4-9H2,1-3H3/t10-,11+,12+,13+,15+,16-,17+,18-,20-,21+/m0/s1. The molecule has 2 saturated carbocycles. The third-order valence-electron chi connectivity index (χ3n) is 7.86. The molecule has 2 aliphatic carbocycles. The van der Waals surface area contributed by atoms with Crippen molar-refractivity contribution in [2.45, 2.75) is 94.0 Å². The first-order chi connectivity index (χ1) is 14.3. The fourth-order valence-corrected chi connectivity index (χ4v) is 5.53. The van der Waals surface area contributed by atoms with Crippen molar-refractivity contribution in [2.75, 3.05) is 13.2 Å². The Balaban J connectivity index is 1.83. The lowest BCUT2D eigenvalue weighted by atomic mass is 9.74. The monoisotopic (exact) mass is 448 g/mol. The minimum Gasteiger partial charge on any atom is -0.394 e. The van der Waals surface area contributed by atoms with E-state index in [2.05, 4.69) is 0 Å². The van der Waals surface area contributed by atoms with Gasteiger partial charge in [-0.2, -0.15) is 0 Å². The molecule has 3 aliphatic rings. The lowest BCUT2D eigenvalue weighted by Gasteiger charge is -2.45. The van der Waals surface area contributed by atoms with Crippen LogP contribution in [0.5, 0.6) is 0 Å². The van der Waals surface area contributed by atoms with E-state index in [4.69, 9.17) is 9.47 Å². The summed E-state index contributed by atoms with van der Waals surface area (Å²) in [7, 11) is 0. The Kier molecular flexibility index (Phi) is 6.91. The van der Waals surface area contributed by atoms with E-state index in [9.17, 15) is 40.5 Å². The van der Waals surface area contributed by atoms with Crippen molar-refractivity contribution >= 4 is 5.78 Å². The summed E-state index contributed by atoms with van der Waals surface area (Å²) < 4.78 is 11.5. The Morgan fingerprint density at radius 2 is 1.74 bits per heavy atom. The first-order valence-electron chi connectivity index (χ1n) is 10.9. The van der Waals surface area contributed by atoms with Gasteiger partial charge in [-0.1, -0.05) is 0 Å². The highest BCUT2D eigenvalue weighted by molar-refractivity contribution is 5.89. The summed E-state index contributed by atoms with van der Waals surface area (Å²) in [5.41, 5.74) is -4.15. The first kappa shape index (κ1) is 24.9. The summed E-state index contributed by atoms with van der Waals surface area (Å²) >= 11 is 0. The molecule has 10 atom stereocenters. The Hall–Kier alpha value is -0.690. The van der Waals surface area contributed by atoms with Crippen LogP contribution in [0.25, 0.3) is 0 Å². The van der Waals surface area contributed by atoms with E-state index in [0.717, 1.165) is 0 Å². The fourth-order valence-electron chi connectivity index (χ4n) is 5.53. The van der Waals surface area contributed by atoms with E-state index >= 15 is 0 Å². The molecule has 1 saturated heterocycles. The zero-order valence-corrected chi connectivity index (χ0v) is 18.2. The lowest BCUT2D eigenvalue weighted by Crippen LogP contribution is -2.61. The van der Waals surface area contributed by atoms with Crippen LogP contribution in [0.3, 0.4) is 0 Å². The van der Waals surface area contributed by atoms with Gasteiger partial charge in [-0.3, -0.25) is 4.79 Å². The molecule has 10 heteroatoms. The molecule has 10 nitrogen and oxygen atoms in total. The van der Waals surface area contributed by atoms with Crippen LogP contribution < -0.4 is 0 Å². The molecule has 0 aromatic rings. The number of rotatable bonds is 5. The fraction of sp³-hybridized carbons (Fsp3) is 0.952. The number of hydrogen-bond donors (Lipinski definition) is 7. The van der Waals surface area contributed by atoms with Crippen LogP contribution >= 0.6 is 0 Å². The number of fused-ring (bicyclic) bond motifs is 1. The number of aliphatic hydroxyl groups is 7. The quantitative estimate of drug-likeness (QED) is 0.250. The van der Waals surface area contributed by atoms with Crippen molar-refractivity contribution in [3.8, 4) is 0 Å². The SMILES string of the molecule is CC(C)(O[C@@H]1O[C@H](CO)[C@@H](O)[C@H](O)[C@H]1O)[C@H]1CC[C@@](O)(CO)[C@@H]2CC(=O)[C@@](C)(O)[C@@H]2C1. The van der Waals surface area contributed by atoms with Gasteiger partial charge in [0.2, 0.25) is 0 Å². The highest BCUT2D eigenvalue weighted by Gasteiger charge is 2.60. The highest BCUT2D eigenvalue weighted by atomic mass is 16.7. The highest BCUT2D eigenvalue weighted by Crippen LogP contribution is 2.52. The van der Waals surface area contributed by atoms with Crippen LogP contribution in [0.2, 0.25) is 0 Å². The third-order valence-corrected chi connectivity index (χ3v) is 7.86. The van der Waals surface area contributed by atoms with E-state index in [1.54, 1.807) is 13.8 Å². The number of ether oxygens (including phenoxy) is 2. The summed E-state index contributed by atoms with van der Waals surface area (Å²) in [6, 6.07) is 0. The summed E-state index contributed by atoms with van der Waals surface area (Å²) in [6.07, 6.45) is -6.14. The Morgan fingerprint density at radius 3 is 2.32 bits per heavy atom. The molecule has 3 fully saturated rings. The molecule has 1 heterocycles. The van der Waals surface area contributed by atoms with Crippen LogP contribution in [0.15, 0.2) is 0 Å². The van der Waals surface area contributed by atoms with Crippen molar-refractivity contribution in [1.82, 2.24) is 0 Å². The van der Waals surface area contributed by atoms with Gasteiger partial charge >= 0.3 is 0 Å². The maximum absolute atomic E-state index is 12.4. The van der Waals surface area contributed by atoms with Gasteiger partial charge in [0.15, 0.2) is 12.1 Å². The summed E-state index contributed by atoms with van der Waals surface area (Å²) in [5.74, 6) is -1.86. The molecule has 3 rings (SSSR count). The second-order valence-electron chi connectivity index (χ2n) is 10.1. The van der Waals surface area contributed by atoms with Crippen LogP contribution in [-0.2, 0) is 14.3 Å². The average molecular weight is 449 g/mol. The molecule has 7 N–H and O–H groups in total. The summed E-state index contributed by atoms with van der Waals surface area (Å²) in [4.78, 5) is 12.4. The van der Waals surface area contributed by atoms with E-state index in [1.165, 1.54) is 6.92 Å². The smallest absolute Gasteiger partial charge is 0.187 e. The van der Waals surface area contributed by atoms with Crippen molar-refractivity contribution in [3.05, 3.63) is 0 Å². The molecule has 31 heavy (non-hydrogen) atoms. The third kappa shape index (κ3) is 4.30. The van der Waals surface area contributed by atoms with E-state index in [-0.39, 0.29) is 24.5 Å². The van der Waals surface area contributed by atoms with Crippen LogP contribution in [0, 0.1) is 17.8 Å². The lowest BCUT2D eigenvalue weighted by molar-refractivity contribution is -0.329. The van der Waals surface area contributed by atoms with Crippen molar-refractivity contribution < 1.29 is 50.0 Å². The minimum atomic E-state index is -1.64. The van der Waals surface area contributed by atoms with E-state index in [1.807, 2.05) is 0 Å². The van der Waals surface area contributed by atoms with Gasteiger partial charge in [0, 0.05) is 18.3 Å². The minimum absolute atomic E-state index is 0.0184. The van der Waals surface area contributed by atoms with Crippen molar-refractivity contribution in [2.24, 2.45) is 17.8 Å². The molecule has 0 amide bonds. The second-order valence-corrected chi connectivity index (χ2v) is 10.1. The zero-order chi connectivity index (χ0) is 23.4. The van der Waals surface area contributed by atoms with Gasteiger partial charge in [0.1, 0.15) is 30.0 Å². The number of Topliss-reactive ketones (excluding diaryl/α,β-unsaturated/α-hetero) is 1. The van der Waals surface area contributed by atoms with Crippen molar-refractivity contribution in [1.29, 1.82) is 0 Å². The molecule has 1 aliphatic heterocycles. The van der Waals surface area contributed by atoms with Gasteiger partial charge in [-0.05, 0) is 46.0 Å². The first-order valence-corrected chi connectivity index (χ1v) is 10.9. The van der Waals surface area contributed by atoms with E-state index in [0.29, 0.717) is 12.8 Å². The summed E-state index contributed by atoms with van der Waals surface area (Å²) in [6.45, 7) is 3.81. The van der Waals surface area contributed by atoms with Crippen LogP contribution in [-0.4, -0.2) is 102 Å². The predicted octanol–water partition coefficient (Wildman–Crippen LogP) is -1.94. The maximum atomic E-state index is 12.4. The predicted molar refractivity (Wildman–Crippen MR) is 106 cm³/mol. The largest absolute Gasteiger partial charge is 0.394 e. The number of ketones is 1. The number of carbonyl (C=O) groups excluding carboxylic acids is 1. The topological polar surface area (TPSA) is 177 Å². The Morgan fingerprint density at radius 1 is 1.10 bits per heavy atom. The zero-order valence-electron chi connectivity index (χ0n) is 18.2. The molecule has 0 aromatic carbocycles. The number of hydrogen-bond acceptors (Lipinski definition) is 10. The van der Waals surface area contributed by atoms with Crippen LogP contribution in [0.4, 0.5) is 0 Å². The second kappa shape index (κ2) is 8.58. The molecule has 0 spiro atoms. The average Bonchev–Trinajstić information content (AvgIpc) is 2.84. The van der Waals surface area contributed by atoms with E-state index < -0.39 is 72.6 Å². The van der Waals surface area contributed by atoms with Gasteiger partial charge < -0.3 is 45.2 Å². The van der Waals surface area contributed by atoms with Gasteiger partial charge in [0.05, 0.1) is 24.4 Å². The summed E-state index contributed by atoms with van der Waals surface area (Å²) in [5, 5.41) is 71.5. The molecule has 0 aromatic heterocycles. The normalized spacial score (nSPS) is 49.0. The van der Waals surface area contributed by atoms with Crippen molar-refractivity contribution in [3.63, 3.8) is 0 Å². The Labute approximate surface area is 181 Å². The molecular formula is C21H36O10. The number of carbonyl (C=O) groups is 1. The van der Waals surface area contributed by atoms with Gasteiger partial charge in [-0.15, -0.1) is 0 Å². The maximum Gasteiger partial charge on any atom is 0.187 e. The number of aliphatic hydroxyl groups excluding tert-OH is 5. The molecular weight excluding hydrogens is 412 g/mol. The molecule has 0 unspecified atom stereocenters. The molecule has 0 radical (unpaired) electrons. The van der Waals surface area contributed by atoms with Gasteiger partial charge in [0.25, 0.3) is 0 Å².